The second kappa shape index (κ2) is 10.4. The number of rotatable bonds is 10. The molecule has 1 amide bonds. The van der Waals surface area contributed by atoms with Crippen molar-refractivity contribution in [3.8, 4) is 28.5 Å². The molecule has 3 rings (SSSR count). The number of aromatic nitrogens is 3. The second-order valence-electron chi connectivity index (χ2n) is 6.47. The van der Waals surface area contributed by atoms with Gasteiger partial charge in [-0.25, -0.2) is 4.68 Å². The Labute approximate surface area is 177 Å². The van der Waals surface area contributed by atoms with Crippen molar-refractivity contribution in [2.75, 3.05) is 20.8 Å². The van der Waals surface area contributed by atoms with Gasteiger partial charge in [0.05, 0.1) is 20.4 Å². The van der Waals surface area contributed by atoms with Gasteiger partial charge in [0, 0.05) is 12.1 Å². The molecule has 0 fully saturated rings. The normalized spacial score (nSPS) is 10.7. The van der Waals surface area contributed by atoms with Crippen LogP contribution >= 0.6 is 0 Å². The molecule has 0 atom stereocenters. The van der Waals surface area contributed by atoms with Crippen LogP contribution in [-0.4, -0.2) is 48.3 Å². The highest BCUT2D eigenvalue weighted by atomic mass is 19.3. The largest absolute Gasteiger partial charge is 0.496 e. The maximum atomic E-state index is 12.4. The fourth-order valence-corrected chi connectivity index (χ4v) is 2.97. The number of hydrogen-bond acceptors (Lipinski definition) is 6. The summed E-state index contributed by atoms with van der Waals surface area (Å²) in [5.41, 5.74) is 2.19. The summed E-state index contributed by atoms with van der Waals surface area (Å²) in [6.45, 7) is -2.57. The Hall–Kier alpha value is -3.69. The molecule has 0 spiro atoms. The highest BCUT2D eigenvalue weighted by molar-refractivity contribution is 5.75. The lowest BCUT2D eigenvalue weighted by atomic mass is 10.1. The molecule has 3 aromatic rings. The second-order valence-corrected chi connectivity index (χ2v) is 6.47. The van der Waals surface area contributed by atoms with Crippen molar-refractivity contribution >= 4 is 5.91 Å². The Balaban J connectivity index is 1.53. The van der Waals surface area contributed by atoms with Crippen molar-refractivity contribution in [1.82, 2.24) is 20.3 Å². The third kappa shape index (κ3) is 5.91. The average molecular weight is 432 g/mol. The number of carbonyl (C=O) groups is 1. The lowest BCUT2D eigenvalue weighted by molar-refractivity contribution is -0.121. The molecule has 0 unspecified atom stereocenters. The number of alkyl halides is 2. The molecule has 8 nitrogen and oxygen atoms in total. The first-order chi connectivity index (χ1) is 15.0. The van der Waals surface area contributed by atoms with Crippen LogP contribution in [0.1, 0.15) is 5.56 Å². The van der Waals surface area contributed by atoms with Gasteiger partial charge < -0.3 is 19.5 Å². The van der Waals surface area contributed by atoms with E-state index in [0.29, 0.717) is 24.4 Å². The lowest BCUT2D eigenvalue weighted by Gasteiger charge is -2.11. The van der Waals surface area contributed by atoms with Gasteiger partial charge in [-0.1, -0.05) is 23.4 Å². The molecule has 0 aliphatic rings. The lowest BCUT2D eigenvalue weighted by Crippen LogP contribution is -2.29. The SMILES string of the molecule is COc1cc(CCNC(=O)Cn2cc(-c3ccccc3OC)nn2)ccc1OC(F)F. The average Bonchev–Trinajstić information content (AvgIpc) is 3.22. The quantitative estimate of drug-likeness (QED) is 0.530. The van der Waals surface area contributed by atoms with Crippen LogP contribution in [0, 0.1) is 0 Å². The molecule has 164 valence electrons. The fourth-order valence-electron chi connectivity index (χ4n) is 2.97. The van der Waals surface area contributed by atoms with Crippen LogP contribution in [0.3, 0.4) is 0 Å². The number of methoxy groups -OCH3 is 2. The summed E-state index contributed by atoms with van der Waals surface area (Å²) in [6, 6.07) is 12.1. The van der Waals surface area contributed by atoms with E-state index in [-0.39, 0.29) is 24.0 Å². The molecule has 2 aromatic carbocycles. The number of nitrogens with zero attached hydrogens (tertiary/aromatic N) is 3. The smallest absolute Gasteiger partial charge is 0.387 e. The Morgan fingerprint density at radius 3 is 2.61 bits per heavy atom. The zero-order valence-corrected chi connectivity index (χ0v) is 17.0. The van der Waals surface area contributed by atoms with E-state index in [2.05, 4.69) is 20.4 Å². The molecule has 31 heavy (non-hydrogen) atoms. The van der Waals surface area contributed by atoms with Gasteiger partial charge in [-0.05, 0) is 36.2 Å². The number of ether oxygens (including phenoxy) is 3. The molecular formula is C21H22F2N4O4. The molecule has 0 saturated carbocycles. The Bertz CT molecular complexity index is 1030. The zero-order chi connectivity index (χ0) is 22.2. The molecule has 0 bridgehead atoms. The van der Waals surface area contributed by atoms with E-state index < -0.39 is 6.61 Å². The van der Waals surface area contributed by atoms with E-state index in [1.54, 1.807) is 25.4 Å². The van der Waals surface area contributed by atoms with Gasteiger partial charge in [-0.3, -0.25) is 4.79 Å². The molecule has 10 heteroatoms. The molecule has 1 heterocycles. The molecular weight excluding hydrogens is 410 g/mol. The van der Waals surface area contributed by atoms with Crippen molar-refractivity contribution in [2.24, 2.45) is 0 Å². The van der Waals surface area contributed by atoms with Crippen molar-refractivity contribution < 1.29 is 27.8 Å². The predicted octanol–water partition coefficient (Wildman–Crippen LogP) is 2.92. The maximum absolute atomic E-state index is 12.4. The summed E-state index contributed by atoms with van der Waals surface area (Å²) < 4.78 is 41.0. The van der Waals surface area contributed by atoms with Crippen LogP contribution in [0.2, 0.25) is 0 Å². The van der Waals surface area contributed by atoms with Gasteiger partial charge in [0.2, 0.25) is 5.91 Å². The number of amides is 1. The van der Waals surface area contributed by atoms with Gasteiger partial charge in [0.25, 0.3) is 0 Å². The molecule has 0 aliphatic heterocycles. The van der Waals surface area contributed by atoms with Gasteiger partial charge in [0.1, 0.15) is 18.0 Å². The highest BCUT2D eigenvalue weighted by Gasteiger charge is 2.13. The summed E-state index contributed by atoms with van der Waals surface area (Å²) >= 11 is 0. The van der Waals surface area contributed by atoms with Gasteiger partial charge >= 0.3 is 6.61 Å². The van der Waals surface area contributed by atoms with E-state index >= 15 is 0 Å². The van der Waals surface area contributed by atoms with Gasteiger partial charge in [-0.2, -0.15) is 8.78 Å². The first kappa shape index (κ1) is 22.0. The summed E-state index contributed by atoms with van der Waals surface area (Å²) in [5.74, 6) is 0.596. The summed E-state index contributed by atoms with van der Waals surface area (Å²) in [5, 5.41) is 10.9. The molecule has 0 radical (unpaired) electrons. The first-order valence-electron chi connectivity index (χ1n) is 9.42. The van der Waals surface area contributed by atoms with Crippen LogP contribution in [0.5, 0.6) is 17.2 Å². The summed E-state index contributed by atoms with van der Waals surface area (Å²) in [7, 11) is 2.95. The van der Waals surface area contributed by atoms with Crippen LogP contribution in [-0.2, 0) is 17.8 Å². The Morgan fingerprint density at radius 2 is 1.87 bits per heavy atom. The minimum atomic E-state index is -2.93. The van der Waals surface area contributed by atoms with Crippen molar-refractivity contribution in [3.05, 3.63) is 54.2 Å². The highest BCUT2D eigenvalue weighted by Crippen LogP contribution is 2.29. The number of benzene rings is 2. The van der Waals surface area contributed by atoms with E-state index in [4.69, 9.17) is 9.47 Å². The molecule has 0 aliphatic carbocycles. The van der Waals surface area contributed by atoms with E-state index in [9.17, 15) is 13.6 Å². The molecule has 1 aromatic heterocycles. The fraction of sp³-hybridized carbons (Fsp3) is 0.286. The van der Waals surface area contributed by atoms with E-state index in [1.807, 2.05) is 24.3 Å². The Kier molecular flexibility index (Phi) is 7.36. The summed E-state index contributed by atoms with van der Waals surface area (Å²) in [4.78, 5) is 12.2. The third-order valence-electron chi connectivity index (χ3n) is 4.41. The van der Waals surface area contributed by atoms with Crippen LogP contribution < -0.4 is 19.5 Å². The number of para-hydroxylation sites is 1. The van der Waals surface area contributed by atoms with Crippen LogP contribution in [0.25, 0.3) is 11.3 Å². The van der Waals surface area contributed by atoms with E-state index in [0.717, 1.165) is 11.1 Å². The number of carbonyl (C=O) groups excluding carboxylic acids is 1. The molecule has 1 N–H and O–H groups in total. The number of hydrogen-bond donors (Lipinski definition) is 1. The van der Waals surface area contributed by atoms with E-state index in [1.165, 1.54) is 17.9 Å². The minimum Gasteiger partial charge on any atom is -0.496 e. The summed E-state index contributed by atoms with van der Waals surface area (Å²) in [6.07, 6.45) is 2.16. The Morgan fingerprint density at radius 1 is 1.10 bits per heavy atom. The van der Waals surface area contributed by atoms with Crippen molar-refractivity contribution in [3.63, 3.8) is 0 Å². The predicted molar refractivity (Wildman–Crippen MR) is 108 cm³/mol. The number of halogens is 2. The van der Waals surface area contributed by atoms with Gasteiger partial charge in [-0.15, -0.1) is 5.10 Å². The van der Waals surface area contributed by atoms with Crippen molar-refractivity contribution in [2.45, 2.75) is 19.6 Å². The van der Waals surface area contributed by atoms with Gasteiger partial charge in [0.15, 0.2) is 11.5 Å². The topological polar surface area (TPSA) is 87.5 Å². The monoisotopic (exact) mass is 432 g/mol. The third-order valence-corrected chi connectivity index (χ3v) is 4.41. The first-order valence-corrected chi connectivity index (χ1v) is 9.42. The standard InChI is InChI=1S/C21H22F2N4O4/c1-29-17-6-4-3-5-15(17)16-12-27(26-25-16)13-20(28)24-10-9-14-7-8-18(31-21(22)23)19(11-14)30-2/h3-8,11-12,21H,9-10,13H2,1-2H3,(H,24,28). The number of nitrogens with one attached hydrogen (secondary N) is 1. The molecule has 0 saturated heterocycles. The van der Waals surface area contributed by atoms with Crippen LogP contribution in [0.15, 0.2) is 48.7 Å². The van der Waals surface area contributed by atoms with Crippen LogP contribution in [0.4, 0.5) is 8.78 Å². The van der Waals surface area contributed by atoms with Crippen molar-refractivity contribution in [1.29, 1.82) is 0 Å². The minimum absolute atomic E-state index is 0.00658. The maximum Gasteiger partial charge on any atom is 0.387 e. The zero-order valence-electron chi connectivity index (χ0n) is 17.0.